The summed E-state index contributed by atoms with van der Waals surface area (Å²) in [6, 6.07) is 6.99. The first-order chi connectivity index (χ1) is 13.7. The number of fused-ring (bicyclic) bond motifs is 1. The van der Waals surface area contributed by atoms with Crippen molar-refractivity contribution in [2.24, 2.45) is 0 Å². The van der Waals surface area contributed by atoms with Gasteiger partial charge in [0.05, 0.1) is 11.9 Å². The third-order valence-corrected chi connectivity index (χ3v) is 6.70. The van der Waals surface area contributed by atoms with Crippen LogP contribution in [0.1, 0.15) is 30.3 Å². The molecule has 10 heteroatoms. The van der Waals surface area contributed by atoms with Gasteiger partial charge in [-0.3, -0.25) is 4.79 Å². The fraction of sp³-hybridized carbons (Fsp3) is 0.474. The molecule has 29 heavy (non-hydrogen) atoms. The maximum absolute atomic E-state index is 12.6. The highest BCUT2D eigenvalue weighted by molar-refractivity contribution is 7.90. The van der Waals surface area contributed by atoms with Gasteiger partial charge in [0.15, 0.2) is 5.76 Å². The molecule has 0 radical (unpaired) electrons. The monoisotopic (exact) mass is 423 g/mol. The number of benzene rings is 1. The van der Waals surface area contributed by atoms with Gasteiger partial charge in [0.25, 0.3) is 5.91 Å². The van der Waals surface area contributed by atoms with E-state index in [1.165, 1.54) is 11.0 Å². The number of nitrogens with zero attached hydrogens (tertiary/aromatic N) is 2. The van der Waals surface area contributed by atoms with Crippen LogP contribution in [0.5, 0.6) is 0 Å². The molecule has 0 saturated carbocycles. The van der Waals surface area contributed by atoms with Gasteiger partial charge in [0, 0.05) is 44.3 Å². The predicted octanol–water partition coefficient (Wildman–Crippen LogP) is 2.18. The number of piperidine rings is 1. The van der Waals surface area contributed by atoms with Gasteiger partial charge in [0.2, 0.25) is 10.0 Å². The van der Waals surface area contributed by atoms with Crippen LogP contribution in [0.25, 0.3) is 11.0 Å². The second-order valence-corrected chi connectivity index (χ2v) is 9.05. The van der Waals surface area contributed by atoms with E-state index in [4.69, 9.17) is 9.15 Å². The van der Waals surface area contributed by atoms with E-state index in [0.29, 0.717) is 11.0 Å². The minimum atomic E-state index is -3.90. The lowest BCUT2D eigenvalue weighted by molar-refractivity contribution is 0.0947. The normalized spacial score (nSPS) is 15.3. The fourth-order valence-corrected chi connectivity index (χ4v) is 4.59. The van der Waals surface area contributed by atoms with Crippen molar-refractivity contribution in [3.63, 3.8) is 0 Å². The zero-order chi connectivity index (χ0) is 21.2. The first-order valence-electron chi connectivity index (χ1n) is 9.40. The summed E-state index contributed by atoms with van der Waals surface area (Å²) in [6.07, 6.45) is 0.00775. The molecule has 1 aromatic carbocycles. The number of ether oxygens (including phenoxy) is 1. The number of sulfonamides is 1. The van der Waals surface area contributed by atoms with Gasteiger partial charge >= 0.3 is 6.09 Å². The lowest BCUT2D eigenvalue weighted by Crippen LogP contribution is -2.46. The van der Waals surface area contributed by atoms with Crippen LogP contribution in [0, 0.1) is 0 Å². The molecule has 9 nitrogen and oxygen atoms in total. The number of carbonyl (C=O) groups excluding carboxylic acids is 2. The largest absolute Gasteiger partial charge is 0.451 e. The first-order valence-corrected chi connectivity index (χ1v) is 10.9. The Hall–Kier alpha value is -2.75. The van der Waals surface area contributed by atoms with Gasteiger partial charge in [-0.05, 0) is 38.0 Å². The molecule has 0 bridgehead atoms. The Morgan fingerprint density at radius 3 is 2.55 bits per heavy atom. The summed E-state index contributed by atoms with van der Waals surface area (Å²) < 4.78 is 37.8. The number of amides is 2. The van der Waals surface area contributed by atoms with Crippen LogP contribution in [-0.4, -0.2) is 64.4 Å². The van der Waals surface area contributed by atoms with Crippen molar-refractivity contribution >= 4 is 38.7 Å². The van der Waals surface area contributed by atoms with Crippen LogP contribution >= 0.6 is 0 Å². The van der Waals surface area contributed by atoms with Crippen LogP contribution in [0.4, 0.5) is 10.5 Å². The zero-order valence-electron chi connectivity index (χ0n) is 16.7. The van der Waals surface area contributed by atoms with Crippen molar-refractivity contribution < 1.29 is 27.2 Å². The highest BCUT2D eigenvalue weighted by Crippen LogP contribution is 2.25. The molecule has 0 unspecified atom stereocenters. The lowest BCUT2D eigenvalue weighted by atomic mass is 10.1. The molecule has 1 aromatic heterocycles. The van der Waals surface area contributed by atoms with E-state index in [-0.39, 0.29) is 38.3 Å². The molecule has 3 rings (SSSR count). The maximum Gasteiger partial charge on any atom is 0.409 e. The van der Waals surface area contributed by atoms with E-state index in [0.717, 1.165) is 5.69 Å². The standard InChI is InChI=1S/C19H25N3O6S/c1-4-27-19(24)22-9-7-15(8-10-22)29(25,26)20-18(23)17-11-13-5-6-14(21(2)3)12-16(13)28-17/h5-6,11-12,15H,4,7-10H2,1-3H3,(H,20,23). The quantitative estimate of drug-likeness (QED) is 0.785. The van der Waals surface area contributed by atoms with Gasteiger partial charge < -0.3 is 19.0 Å². The lowest BCUT2D eigenvalue weighted by Gasteiger charge is -2.30. The smallest absolute Gasteiger partial charge is 0.409 e. The van der Waals surface area contributed by atoms with E-state index in [2.05, 4.69) is 4.72 Å². The second-order valence-electron chi connectivity index (χ2n) is 7.09. The van der Waals surface area contributed by atoms with Gasteiger partial charge in [-0.25, -0.2) is 17.9 Å². The summed E-state index contributed by atoms with van der Waals surface area (Å²) in [4.78, 5) is 27.6. The Kier molecular flexibility index (Phi) is 6.02. The number of anilines is 1. The number of carbonyl (C=O) groups is 2. The van der Waals surface area contributed by atoms with E-state index < -0.39 is 27.3 Å². The highest BCUT2D eigenvalue weighted by Gasteiger charge is 2.33. The van der Waals surface area contributed by atoms with Crippen LogP contribution in [0.15, 0.2) is 28.7 Å². The third kappa shape index (κ3) is 4.64. The molecule has 2 heterocycles. The molecule has 1 fully saturated rings. The topological polar surface area (TPSA) is 109 Å². The summed E-state index contributed by atoms with van der Waals surface area (Å²) in [6.45, 7) is 2.50. The summed E-state index contributed by atoms with van der Waals surface area (Å²) in [5.41, 5.74) is 1.40. The Balaban J connectivity index is 1.67. The van der Waals surface area contributed by atoms with Gasteiger partial charge in [-0.2, -0.15) is 0 Å². The number of furan rings is 1. The van der Waals surface area contributed by atoms with Crippen molar-refractivity contribution in [2.45, 2.75) is 25.0 Å². The Morgan fingerprint density at radius 2 is 1.93 bits per heavy atom. The third-order valence-electron chi connectivity index (χ3n) is 4.89. The SMILES string of the molecule is CCOC(=O)N1CCC(S(=O)(=O)NC(=O)c2cc3ccc(N(C)C)cc3o2)CC1. The summed E-state index contributed by atoms with van der Waals surface area (Å²) in [5, 5.41) is -0.0530. The average Bonchev–Trinajstić information content (AvgIpc) is 3.11. The molecule has 0 spiro atoms. The summed E-state index contributed by atoms with van der Waals surface area (Å²) in [5.74, 6) is -0.871. The molecule has 1 N–H and O–H groups in total. The maximum atomic E-state index is 12.6. The van der Waals surface area contributed by atoms with Gasteiger partial charge in [-0.1, -0.05) is 0 Å². The molecule has 1 aliphatic heterocycles. The number of hydrogen-bond acceptors (Lipinski definition) is 7. The summed E-state index contributed by atoms with van der Waals surface area (Å²) >= 11 is 0. The molecular formula is C19H25N3O6S. The summed E-state index contributed by atoms with van der Waals surface area (Å²) in [7, 11) is -0.125. The van der Waals surface area contributed by atoms with Crippen LogP contribution in [0.3, 0.4) is 0 Å². The first kappa shape index (κ1) is 21.0. The van der Waals surface area contributed by atoms with Crippen LogP contribution < -0.4 is 9.62 Å². The van der Waals surface area contributed by atoms with Crippen LogP contribution in [0.2, 0.25) is 0 Å². The fourth-order valence-electron chi connectivity index (χ4n) is 3.24. The van der Waals surface area contributed by atoms with Crippen LogP contribution in [-0.2, 0) is 14.8 Å². The van der Waals surface area contributed by atoms with Crippen molar-refractivity contribution in [1.82, 2.24) is 9.62 Å². The highest BCUT2D eigenvalue weighted by atomic mass is 32.2. The van der Waals surface area contributed by atoms with E-state index >= 15 is 0 Å². The van der Waals surface area contributed by atoms with Gasteiger partial charge in [0.1, 0.15) is 5.58 Å². The molecular weight excluding hydrogens is 398 g/mol. The van der Waals surface area contributed by atoms with E-state index in [1.54, 1.807) is 13.0 Å². The molecule has 0 atom stereocenters. The van der Waals surface area contributed by atoms with Crippen molar-refractivity contribution in [3.05, 3.63) is 30.0 Å². The second kappa shape index (κ2) is 8.32. The van der Waals surface area contributed by atoms with Gasteiger partial charge in [-0.15, -0.1) is 0 Å². The number of hydrogen-bond donors (Lipinski definition) is 1. The van der Waals surface area contributed by atoms with Crippen molar-refractivity contribution in [1.29, 1.82) is 0 Å². The van der Waals surface area contributed by atoms with Crippen molar-refractivity contribution in [3.8, 4) is 0 Å². The Morgan fingerprint density at radius 1 is 1.24 bits per heavy atom. The molecule has 0 aliphatic carbocycles. The zero-order valence-corrected chi connectivity index (χ0v) is 17.5. The Labute approximate surface area is 169 Å². The molecule has 158 valence electrons. The molecule has 1 aliphatic rings. The predicted molar refractivity (Wildman–Crippen MR) is 109 cm³/mol. The van der Waals surface area contributed by atoms with E-state index in [9.17, 15) is 18.0 Å². The number of nitrogens with one attached hydrogen (secondary N) is 1. The van der Waals surface area contributed by atoms with Crippen molar-refractivity contribution in [2.75, 3.05) is 38.7 Å². The minimum absolute atomic E-state index is 0.0663. The number of likely N-dealkylation sites (tertiary alicyclic amines) is 1. The molecule has 2 amide bonds. The minimum Gasteiger partial charge on any atom is -0.451 e. The number of rotatable bonds is 5. The van der Waals surface area contributed by atoms with E-state index in [1.807, 2.05) is 31.1 Å². The molecule has 1 saturated heterocycles. The average molecular weight is 423 g/mol. The Bertz CT molecular complexity index is 1010. The molecule has 2 aromatic rings.